The molecule has 0 spiro atoms. The van der Waals surface area contributed by atoms with Gasteiger partial charge in [-0.1, -0.05) is 72.8 Å². The van der Waals surface area contributed by atoms with Gasteiger partial charge < -0.3 is 9.47 Å². The summed E-state index contributed by atoms with van der Waals surface area (Å²) in [6.07, 6.45) is 0. The third-order valence-corrected chi connectivity index (χ3v) is 10.3. The quantitative estimate of drug-likeness (QED) is 0.192. The van der Waals surface area contributed by atoms with Crippen LogP contribution >= 0.6 is 11.3 Å². The molecule has 8 aromatic rings. The van der Waals surface area contributed by atoms with Gasteiger partial charge in [-0.2, -0.15) is 0 Å². The van der Waals surface area contributed by atoms with Gasteiger partial charge in [0.05, 0.1) is 5.52 Å². The van der Waals surface area contributed by atoms with Crippen molar-refractivity contribution < 1.29 is 0 Å². The van der Waals surface area contributed by atoms with Crippen LogP contribution in [-0.4, -0.2) is 11.3 Å². The Morgan fingerprint density at radius 3 is 2.27 bits per heavy atom. The standard InChI is InChI=1S/C37H23BN2S/c1-22-20-30-36-31(21-22)40-29-18-19-33-35(24-12-5-8-17-32(24)41-33)34(29)25-13-9-15-27(37(25)40)38(36)26-14-6-7-16-28(26)39(30)23-10-3-2-4-11-23/h2-21H,1H3. The lowest BCUT2D eigenvalue weighted by atomic mass is 9.34. The van der Waals surface area contributed by atoms with E-state index in [1.54, 1.807) is 0 Å². The molecule has 0 amide bonds. The van der Waals surface area contributed by atoms with Gasteiger partial charge in [-0.15, -0.1) is 11.3 Å². The molecule has 0 fully saturated rings. The summed E-state index contributed by atoms with van der Waals surface area (Å²) >= 11 is 1.90. The molecule has 2 nitrogen and oxygen atoms in total. The van der Waals surface area contributed by atoms with Crippen LogP contribution in [0.1, 0.15) is 5.56 Å². The first-order chi connectivity index (χ1) is 20.3. The second kappa shape index (κ2) is 7.69. The lowest BCUT2D eigenvalue weighted by molar-refractivity contribution is 1.17. The van der Waals surface area contributed by atoms with E-state index in [4.69, 9.17) is 0 Å². The number of fused-ring (bicyclic) bond motifs is 11. The second-order valence-corrected chi connectivity index (χ2v) is 12.5. The van der Waals surface area contributed by atoms with Crippen LogP contribution in [0.3, 0.4) is 0 Å². The van der Waals surface area contributed by atoms with Gasteiger partial charge in [0.15, 0.2) is 0 Å². The molecule has 0 saturated carbocycles. The average molecular weight is 538 g/mol. The Morgan fingerprint density at radius 2 is 1.34 bits per heavy atom. The molecule has 0 radical (unpaired) electrons. The molecular weight excluding hydrogens is 515 g/mol. The van der Waals surface area contributed by atoms with Crippen molar-refractivity contribution in [3.63, 3.8) is 0 Å². The van der Waals surface area contributed by atoms with Crippen molar-refractivity contribution in [3.8, 4) is 5.69 Å². The summed E-state index contributed by atoms with van der Waals surface area (Å²) in [7, 11) is 0. The van der Waals surface area contributed by atoms with Crippen molar-refractivity contribution in [3.05, 3.63) is 127 Å². The molecule has 2 aromatic heterocycles. The molecule has 0 saturated heterocycles. The number of thiophene rings is 1. The van der Waals surface area contributed by atoms with E-state index in [-0.39, 0.29) is 6.71 Å². The molecule has 41 heavy (non-hydrogen) atoms. The summed E-state index contributed by atoms with van der Waals surface area (Å²) in [5, 5.41) is 5.47. The first kappa shape index (κ1) is 22.0. The molecule has 2 aliphatic rings. The van der Waals surface area contributed by atoms with Gasteiger partial charge in [-0.05, 0) is 77.4 Å². The predicted molar refractivity (Wildman–Crippen MR) is 178 cm³/mol. The van der Waals surface area contributed by atoms with Gasteiger partial charge in [0.25, 0.3) is 6.71 Å². The number of aromatic nitrogens is 1. The Morgan fingerprint density at radius 1 is 0.585 bits per heavy atom. The summed E-state index contributed by atoms with van der Waals surface area (Å²) < 4.78 is 5.28. The summed E-state index contributed by atoms with van der Waals surface area (Å²) in [4.78, 5) is 2.47. The van der Waals surface area contributed by atoms with Crippen LogP contribution in [0, 0.1) is 6.92 Å². The zero-order chi connectivity index (χ0) is 26.8. The van der Waals surface area contributed by atoms with Gasteiger partial charge in [0.2, 0.25) is 0 Å². The van der Waals surface area contributed by atoms with Crippen LogP contribution in [0.25, 0.3) is 47.7 Å². The summed E-state index contributed by atoms with van der Waals surface area (Å²) in [5.41, 5.74) is 13.1. The smallest absolute Gasteiger partial charge is 0.252 e. The van der Waals surface area contributed by atoms with Crippen molar-refractivity contribution in [1.29, 1.82) is 0 Å². The van der Waals surface area contributed by atoms with Gasteiger partial charge in [-0.3, -0.25) is 0 Å². The fraction of sp³-hybridized carbons (Fsp3) is 0.0270. The molecule has 190 valence electrons. The minimum absolute atomic E-state index is 0.173. The summed E-state index contributed by atoms with van der Waals surface area (Å²) in [6.45, 7) is 2.41. The number of hydrogen-bond donors (Lipinski definition) is 0. The largest absolute Gasteiger partial charge is 0.311 e. The number of para-hydroxylation sites is 3. The van der Waals surface area contributed by atoms with E-state index < -0.39 is 0 Å². The molecule has 0 N–H and O–H groups in total. The Kier molecular flexibility index (Phi) is 4.12. The second-order valence-electron chi connectivity index (χ2n) is 11.4. The first-order valence-electron chi connectivity index (χ1n) is 14.2. The average Bonchev–Trinajstić information content (AvgIpc) is 3.56. The zero-order valence-electron chi connectivity index (χ0n) is 22.4. The highest BCUT2D eigenvalue weighted by atomic mass is 32.1. The maximum atomic E-state index is 2.57. The van der Waals surface area contributed by atoms with Crippen molar-refractivity contribution >= 4 is 93.5 Å². The summed E-state index contributed by atoms with van der Waals surface area (Å²) in [5.74, 6) is 0. The molecule has 0 aliphatic carbocycles. The molecule has 4 heterocycles. The van der Waals surface area contributed by atoms with Crippen LogP contribution < -0.4 is 21.3 Å². The van der Waals surface area contributed by atoms with Crippen molar-refractivity contribution in [1.82, 2.24) is 4.57 Å². The molecule has 0 unspecified atom stereocenters. The Hall–Kier alpha value is -4.80. The third-order valence-electron chi connectivity index (χ3n) is 9.19. The van der Waals surface area contributed by atoms with Gasteiger partial charge >= 0.3 is 0 Å². The number of rotatable bonds is 1. The van der Waals surface area contributed by atoms with Gasteiger partial charge in [0, 0.05) is 59.2 Å². The molecule has 6 aromatic carbocycles. The fourth-order valence-corrected chi connectivity index (χ4v) is 8.82. The number of hydrogen-bond acceptors (Lipinski definition) is 2. The maximum Gasteiger partial charge on any atom is 0.252 e. The highest BCUT2D eigenvalue weighted by Crippen LogP contribution is 2.45. The fourth-order valence-electron chi connectivity index (χ4n) is 7.71. The van der Waals surface area contributed by atoms with E-state index in [1.165, 1.54) is 86.7 Å². The third kappa shape index (κ3) is 2.69. The molecule has 0 bridgehead atoms. The highest BCUT2D eigenvalue weighted by molar-refractivity contribution is 7.26. The zero-order valence-corrected chi connectivity index (χ0v) is 23.2. The topological polar surface area (TPSA) is 8.17 Å². The van der Waals surface area contributed by atoms with Crippen molar-refractivity contribution in [2.45, 2.75) is 6.92 Å². The van der Waals surface area contributed by atoms with Gasteiger partial charge in [-0.25, -0.2) is 0 Å². The van der Waals surface area contributed by atoms with Gasteiger partial charge in [0.1, 0.15) is 0 Å². The predicted octanol–water partition coefficient (Wildman–Crippen LogP) is 8.07. The Balaban J connectivity index is 1.42. The Labute approximate surface area is 241 Å². The van der Waals surface area contributed by atoms with Crippen LogP contribution in [0.15, 0.2) is 121 Å². The van der Waals surface area contributed by atoms with E-state index in [0.29, 0.717) is 0 Å². The number of benzene rings is 6. The minimum atomic E-state index is 0.173. The van der Waals surface area contributed by atoms with Crippen LogP contribution in [-0.2, 0) is 0 Å². The van der Waals surface area contributed by atoms with Crippen LogP contribution in [0.5, 0.6) is 0 Å². The van der Waals surface area contributed by atoms with E-state index in [0.717, 1.165) is 0 Å². The number of nitrogens with zero attached hydrogens (tertiary/aromatic N) is 2. The number of aryl methyl sites for hydroxylation is 1. The number of anilines is 3. The monoisotopic (exact) mass is 538 g/mol. The maximum absolute atomic E-state index is 2.57. The van der Waals surface area contributed by atoms with Crippen molar-refractivity contribution in [2.24, 2.45) is 0 Å². The lowest BCUT2D eigenvalue weighted by Gasteiger charge is -2.40. The first-order valence-corrected chi connectivity index (χ1v) is 15.1. The normalized spacial score (nSPS) is 13.4. The van der Waals surface area contributed by atoms with E-state index in [1.807, 2.05) is 11.3 Å². The Bertz CT molecular complexity index is 2400. The lowest BCUT2D eigenvalue weighted by Crippen LogP contribution is -2.60. The minimum Gasteiger partial charge on any atom is -0.311 e. The molecule has 4 heteroatoms. The summed E-state index contributed by atoms with van der Waals surface area (Å²) in [6, 6.07) is 45.2. The van der Waals surface area contributed by atoms with E-state index >= 15 is 0 Å². The molecular formula is C37H23BN2S. The van der Waals surface area contributed by atoms with Crippen LogP contribution in [0.4, 0.5) is 17.1 Å². The highest BCUT2D eigenvalue weighted by Gasteiger charge is 2.42. The molecule has 2 aliphatic heterocycles. The SMILES string of the molecule is Cc1cc2c3c(c1)-n1c4ccc5sc6ccccc6c5c4c4cccc(c41)B3c1ccccc1N2c1ccccc1. The molecule has 10 rings (SSSR count). The van der Waals surface area contributed by atoms with E-state index in [9.17, 15) is 0 Å². The van der Waals surface area contributed by atoms with Crippen molar-refractivity contribution in [2.75, 3.05) is 4.90 Å². The van der Waals surface area contributed by atoms with E-state index in [2.05, 4.69) is 138 Å². The van der Waals surface area contributed by atoms with Crippen LogP contribution in [0.2, 0.25) is 0 Å². The molecule has 0 atom stereocenters.